The highest BCUT2D eigenvalue weighted by Crippen LogP contribution is 2.38. The first-order valence-corrected chi connectivity index (χ1v) is 23.1. The smallest absolute Gasteiger partial charge is 0.328 e. The van der Waals surface area contributed by atoms with Gasteiger partial charge in [-0.25, -0.2) is 9.18 Å². The van der Waals surface area contributed by atoms with E-state index in [9.17, 15) is 19.2 Å². The molecular formula is C50H59FN10O5. The summed E-state index contributed by atoms with van der Waals surface area (Å²) in [4.78, 5) is 66.2. The molecule has 4 aliphatic rings. The average molecular weight is 899 g/mol. The van der Waals surface area contributed by atoms with Gasteiger partial charge in [0.2, 0.25) is 11.8 Å². The number of aromatic nitrogens is 3. The number of rotatable bonds is 13. The molecule has 9 rings (SSSR count). The van der Waals surface area contributed by atoms with Gasteiger partial charge in [-0.2, -0.15) is 5.10 Å². The van der Waals surface area contributed by atoms with Crippen LogP contribution >= 0.6 is 0 Å². The van der Waals surface area contributed by atoms with E-state index in [0.717, 1.165) is 93.2 Å². The standard InChI is InChI=1S/C50H59FN10O5/c1-55(2)49(64)42-30-41-39(29-40(47(51)48(41)53-42)37-6-4-18-59(33-37)46(63)16-22-60-19-5-17-52-60)36-8-10-38(11-9-36)58-20-13-34(14-21-58)31-56-24-26-57(27-25-56)32-35-7-12-44(66-3)43(28-35)61-23-15-45(62)54-50(61)65/h5-12,17,19,28-30,34,53H,4,13-16,18,20-27,31-33H2,1-3H3,(H,54,62,65). The van der Waals surface area contributed by atoms with E-state index in [1.165, 1.54) is 4.90 Å². The number of anilines is 2. The minimum atomic E-state index is -0.431. The number of benzene rings is 3. The zero-order chi connectivity index (χ0) is 45.9. The van der Waals surface area contributed by atoms with Crippen LogP contribution in [0.3, 0.4) is 0 Å². The van der Waals surface area contributed by atoms with Crippen molar-refractivity contribution in [3.8, 4) is 16.9 Å². The highest BCUT2D eigenvalue weighted by atomic mass is 19.1. The highest BCUT2D eigenvalue weighted by molar-refractivity contribution is 6.06. The quantitative estimate of drug-likeness (QED) is 0.144. The third-order valence-corrected chi connectivity index (χ3v) is 13.6. The zero-order valence-electron chi connectivity index (χ0n) is 38.1. The SMILES string of the molecule is COc1ccc(CN2CCN(CC3CCN(c4ccc(-c5cc(C6=CCCN(C(=O)CCn7cccn7)C6)c(F)c6[nH]c(C(=O)N(C)C)cc56)cc4)CC3)CC2)cc1N1CCC(=O)NC1=O. The molecule has 16 heteroatoms. The van der Waals surface area contributed by atoms with Gasteiger partial charge >= 0.3 is 6.03 Å². The van der Waals surface area contributed by atoms with Crippen LogP contribution < -0.4 is 19.9 Å². The van der Waals surface area contributed by atoms with Crippen molar-refractivity contribution in [2.45, 2.75) is 45.2 Å². The van der Waals surface area contributed by atoms with Crippen molar-refractivity contribution >= 4 is 51.6 Å². The minimum Gasteiger partial charge on any atom is -0.495 e. The molecule has 66 heavy (non-hydrogen) atoms. The third kappa shape index (κ3) is 9.70. The number of hydrogen-bond acceptors (Lipinski definition) is 9. The Morgan fingerprint density at radius 1 is 0.909 bits per heavy atom. The van der Waals surface area contributed by atoms with Gasteiger partial charge in [-0.05, 0) is 89.9 Å². The summed E-state index contributed by atoms with van der Waals surface area (Å²) in [6, 6.07) is 19.5. The predicted octanol–water partition coefficient (Wildman–Crippen LogP) is 6.07. The summed E-state index contributed by atoms with van der Waals surface area (Å²) in [5.74, 6) is 0.299. The van der Waals surface area contributed by atoms with Gasteiger partial charge < -0.3 is 29.3 Å². The van der Waals surface area contributed by atoms with Gasteiger partial charge in [0.25, 0.3) is 5.91 Å². The van der Waals surface area contributed by atoms with Crippen LogP contribution in [0, 0.1) is 11.7 Å². The Morgan fingerprint density at radius 3 is 2.39 bits per heavy atom. The van der Waals surface area contributed by atoms with Crippen molar-refractivity contribution in [3.05, 3.63) is 102 Å². The number of aryl methyl sites for hydroxylation is 1. The van der Waals surface area contributed by atoms with Crippen molar-refractivity contribution in [1.82, 2.24) is 39.7 Å². The number of methoxy groups -OCH3 is 1. The molecule has 0 atom stereocenters. The Kier molecular flexibility index (Phi) is 13.2. The van der Waals surface area contributed by atoms with Crippen LogP contribution in [0.4, 0.5) is 20.6 Å². The fraction of sp³-hybridized carbons (Fsp3) is 0.420. The normalized spacial score (nSPS) is 17.9. The van der Waals surface area contributed by atoms with E-state index in [-0.39, 0.29) is 29.7 Å². The van der Waals surface area contributed by atoms with Gasteiger partial charge in [0.05, 0.1) is 18.3 Å². The lowest BCUT2D eigenvalue weighted by Gasteiger charge is -2.39. The van der Waals surface area contributed by atoms with Crippen LogP contribution in [0.15, 0.2) is 79.1 Å². The maximum Gasteiger partial charge on any atom is 0.328 e. The maximum atomic E-state index is 16.6. The largest absolute Gasteiger partial charge is 0.495 e. The Balaban J connectivity index is 0.820. The molecule has 346 valence electrons. The number of H-pyrrole nitrogens is 1. The van der Waals surface area contributed by atoms with Crippen LogP contribution in [-0.4, -0.2) is 145 Å². The summed E-state index contributed by atoms with van der Waals surface area (Å²) >= 11 is 0. The molecule has 3 aromatic carbocycles. The molecule has 0 saturated carbocycles. The summed E-state index contributed by atoms with van der Waals surface area (Å²) in [6.45, 7) is 9.42. The predicted molar refractivity (Wildman–Crippen MR) is 253 cm³/mol. The molecular weight excluding hydrogens is 840 g/mol. The molecule has 15 nitrogen and oxygen atoms in total. The average Bonchev–Trinajstić information content (AvgIpc) is 4.03. The molecule has 0 radical (unpaired) electrons. The first-order valence-electron chi connectivity index (χ1n) is 23.1. The summed E-state index contributed by atoms with van der Waals surface area (Å²) in [6.07, 6.45) is 8.96. The molecule has 5 amide bonds. The molecule has 0 spiro atoms. The van der Waals surface area contributed by atoms with E-state index in [1.807, 2.05) is 36.5 Å². The fourth-order valence-electron chi connectivity index (χ4n) is 9.86. The first kappa shape index (κ1) is 44.7. The number of ether oxygens (including phenoxy) is 1. The van der Waals surface area contributed by atoms with Crippen LogP contribution in [0.5, 0.6) is 5.75 Å². The highest BCUT2D eigenvalue weighted by Gasteiger charge is 2.29. The van der Waals surface area contributed by atoms with Gasteiger partial charge in [-0.15, -0.1) is 0 Å². The first-order chi connectivity index (χ1) is 32.0. The second kappa shape index (κ2) is 19.5. The number of carbonyl (C=O) groups excluding carboxylic acids is 4. The number of imide groups is 1. The number of halogens is 1. The number of piperazine rings is 1. The second-order valence-electron chi connectivity index (χ2n) is 18.1. The van der Waals surface area contributed by atoms with Gasteiger partial charge in [-0.1, -0.05) is 24.3 Å². The number of nitrogens with zero attached hydrogens (tertiary/aromatic N) is 8. The number of piperidine rings is 1. The number of urea groups is 1. The van der Waals surface area contributed by atoms with Crippen LogP contribution in [0.1, 0.15) is 53.7 Å². The maximum absolute atomic E-state index is 16.6. The lowest BCUT2D eigenvalue weighted by atomic mass is 9.92. The van der Waals surface area contributed by atoms with Gasteiger partial charge in [0.1, 0.15) is 11.4 Å². The summed E-state index contributed by atoms with van der Waals surface area (Å²) in [5.41, 5.74) is 6.45. The van der Waals surface area contributed by atoms with E-state index in [4.69, 9.17) is 4.74 Å². The minimum absolute atomic E-state index is 0.000248. The van der Waals surface area contributed by atoms with E-state index >= 15 is 4.39 Å². The van der Waals surface area contributed by atoms with Crippen molar-refractivity contribution in [2.24, 2.45) is 5.92 Å². The monoisotopic (exact) mass is 898 g/mol. The van der Waals surface area contributed by atoms with Gasteiger partial charge in [0.15, 0.2) is 5.82 Å². The number of nitrogens with one attached hydrogen (secondary N) is 2. The molecule has 2 aromatic heterocycles. The van der Waals surface area contributed by atoms with Gasteiger partial charge in [0, 0.05) is 135 Å². The van der Waals surface area contributed by atoms with Crippen LogP contribution in [0.25, 0.3) is 27.6 Å². The molecule has 4 aliphatic heterocycles. The second-order valence-corrected chi connectivity index (χ2v) is 18.1. The molecule has 0 bridgehead atoms. The lowest BCUT2D eigenvalue weighted by molar-refractivity contribution is -0.131. The van der Waals surface area contributed by atoms with Crippen LogP contribution in [-0.2, 0) is 22.7 Å². The molecule has 6 heterocycles. The molecule has 0 aliphatic carbocycles. The van der Waals surface area contributed by atoms with Gasteiger partial charge in [-0.3, -0.25) is 34.2 Å². The van der Waals surface area contributed by atoms with Crippen molar-refractivity contribution in [1.29, 1.82) is 0 Å². The van der Waals surface area contributed by atoms with E-state index in [2.05, 4.69) is 60.4 Å². The molecule has 3 fully saturated rings. The number of fused-ring (bicyclic) bond motifs is 1. The van der Waals surface area contributed by atoms with Crippen LogP contribution in [0.2, 0.25) is 0 Å². The van der Waals surface area contributed by atoms with E-state index < -0.39 is 11.8 Å². The summed E-state index contributed by atoms with van der Waals surface area (Å²) in [5, 5.41) is 7.26. The topological polar surface area (TPSA) is 143 Å². The molecule has 5 aromatic rings. The lowest BCUT2D eigenvalue weighted by Crippen LogP contribution is -2.49. The van der Waals surface area contributed by atoms with Crippen molar-refractivity contribution < 1.29 is 28.3 Å². The third-order valence-electron chi connectivity index (χ3n) is 13.6. The summed E-state index contributed by atoms with van der Waals surface area (Å²) < 4.78 is 23.9. The number of hydrogen-bond donors (Lipinski definition) is 2. The fourth-order valence-corrected chi connectivity index (χ4v) is 9.86. The Hall–Kier alpha value is -6.52. The number of carbonyl (C=O) groups is 4. The summed E-state index contributed by atoms with van der Waals surface area (Å²) in [7, 11) is 4.95. The van der Waals surface area contributed by atoms with E-state index in [0.29, 0.717) is 73.0 Å². The van der Waals surface area contributed by atoms with Crippen molar-refractivity contribution in [3.63, 3.8) is 0 Å². The molecule has 2 N–H and O–H groups in total. The zero-order valence-corrected chi connectivity index (χ0v) is 38.1. The van der Waals surface area contributed by atoms with E-state index in [1.54, 1.807) is 47.9 Å². The number of amides is 5. The number of aromatic amines is 1. The molecule has 0 unspecified atom stereocenters. The Morgan fingerprint density at radius 2 is 1.68 bits per heavy atom. The Bertz CT molecular complexity index is 2610. The van der Waals surface area contributed by atoms with Crippen molar-refractivity contribution in [2.75, 3.05) is 96.5 Å². The Labute approximate surface area is 384 Å². The molecule has 3 saturated heterocycles.